The topological polar surface area (TPSA) is 70.7 Å². The van der Waals surface area contributed by atoms with Crippen LogP contribution in [0, 0.1) is 0 Å². The van der Waals surface area contributed by atoms with Gasteiger partial charge >= 0.3 is 0 Å². The summed E-state index contributed by atoms with van der Waals surface area (Å²) in [5.41, 5.74) is 1.92. The number of hydrogen-bond donors (Lipinski definition) is 1. The van der Waals surface area contributed by atoms with Crippen molar-refractivity contribution in [3.8, 4) is 11.5 Å². The highest BCUT2D eigenvalue weighted by Crippen LogP contribution is 2.30. The van der Waals surface area contributed by atoms with Crippen molar-refractivity contribution < 1.29 is 9.47 Å². The molecule has 0 saturated carbocycles. The zero-order valence-corrected chi connectivity index (χ0v) is 16.5. The Morgan fingerprint density at radius 3 is 2.56 bits per heavy atom. The van der Waals surface area contributed by atoms with E-state index in [1.807, 2.05) is 37.2 Å². The Morgan fingerprint density at radius 2 is 1.93 bits per heavy atom. The number of hydrogen-bond acceptors (Lipinski definition) is 6. The van der Waals surface area contributed by atoms with E-state index in [1.54, 1.807) is 20.3 Å². The minimum atomic E-state index is -0.0905. The summed E-state index contributed by atoms with van der Waals surface area (Å²) in [7, 11) is 7.13. The summed E-state index contributed by atoms with van der Waals surface area (Å²) < 4.78 is 10.8. The van der Waals surface area contributed by atoms with Crippen molar-refractivity contribution in [1.82, 2.24) is 14.9 Å². The van der Waals surface area contributed by atoms with Crippen LogP contribution in [0.3, 0.4) is 0 Å². The molecule has 0 unspecified atom stereocenters. The van der Waals surface area contributed by atoms with Crippen LogP contribution < -0.4 is 19.9 Å². The van der Waals surface area contributed by atoms with Gasteiger partial charge in [-0.15, -0.1) is 0 Å². The Hall–Kier alpha value is -2.54. The minimum Gasteiger partial charge on any atom is -0.497 e. The Bertz CT molecular complexity index is 826. The molecule has 1 aromatic carbocycles. The molecule has 0 aliphatic carbocycles. The number of aromatic nitrogens is 2. The molecule has 1 aromatic heterocycles. The van der Waals surface area contributed by atoms with Crippen LogP contribution in [0.25, 0.3) is 0 Å². The lowest BCUT2D eigenvalue weighted by atomic mass is 9.93. The highest BCUT2D eigenvalue weighted by Gasteiger charge is 2.23. The lowest BCUT2D eigenvalue weighted by molar-refractivity contribution is 0.201. The number of nitrogens with zero attached hydrogens (tertiary/aromatic N) is 3. The number of likely N-dealkylation sites (tertiary alicyclic amines) is 1. The number of benzene rings is 1. The van der Waals surface area contributed by atoms with E-state index in [0.29, 0.717) is 11.9 Å². The molecule has 1 aliphatic rings. The molecule has 146 valence electrons. The third-order valence-electron chi connectivity index (χ3n) is 5.06. The van der Waals surface area contributed by atoms with Crippen LogP contribution in [0.4, 0.5) is 5.95 Å². The van der Waals surface area contributed by atoms with E-state index in [1.165, 1.54) is 0 Å². The number of nitrogens with one attached hydrogen (secondary N) is 1. The summed E-state index contributed by atoms with van der Waals surface area (Å²) in [6.07, 6.45) is 1.96. The van der Waals surface area contributed by atoms with E-state index < -0.39 is 0 Å². The first-order valence-corrected chi connectivity index (χ1v) is 9.22. The van der Waals surface area contributed by atoms with Gasteiger partial charge in [-0.05, 0) is 44.1 Å². The largest absolute Gasteiger partial charge is 0.497 e. The maximum Gasteiger partial charge on any atom is 0.252 e. The first-order chi connectivity index (χ1) is 13.0. The van der Waals surface area contributed by atoms with Gasteiger partial charge in [0.25, 0.3) is 5.56 Å². The highest BCUT2D eigenvalue weighted by molar-refractivity contribution is 5.40. The summed E-state index contributed by atoms with van der Waals surface area (Å²) >= 11 is 0. The summed E-state index contributed by atoms with van der Waals surface area (Å²) in [6.45, 7) is 2.73. The molecule has 7 heteroatoms. The standard InChI is InChI=1S/C20H28N4O3/c1-23(2)20-21-17(12-19(25)22-20)14-7-9-24(10-8-14)13-15-11-16(26-3)5-6-18(15)27-4/h5-6,11-12,14H,7-10,13H2,1-4H3,(H,21,22,25). The molecule has 2 aromatic rings. The molecule has 0 bridgehead atoms. The van der Waals surface area contributed by atoms with Gasteiger partial charge in [0, 0.05) is 38.2 Å². The maximum atomic E-state index is 11.9. The minimum absolute atomic E-state index is 0.0905. The summed E-state index contributed by atoms with van der Waals surface area (Å²) in [5.74, 6) is 2.64. The monoisotopic (exact) mass is 372 g/mol. The van der Waals surface area contributed by atoms with Crippen LogP contribution in [-0.4, -0.2) is 56.3 Å². The summed E-state index contributed by atoms with van der Waals surface area (Å²) in [5, 5.41) is 0. The number of H-pyrrole nitrogens is 1. The second-order valence-corrected chi connectivity index (χ2v) is 7.12. The number of methoxy groups -OCH3 is 2. The molecule has 3 rings (SSSR count). The van der Waals surface area contributed by atoms with Crippen LogP contribution in [0.1, 0.15) is 30.0 Å². The maximum absolute atomic E-state index is 11.9. The van der Waals surface area contributed by atoms with E-state index >= 15 is 0 Å². The van der Waals surface area contributed by atoms with E-state index in [0.717, 1.165) is 55.2 Å². The van der Waals surface area contributed by atoms with Gasteiger partial charge in [0.1, 0.15) is 11.5 Å². The summed E-state index contributed by atoms with van der Waals surface area (Å²) in [6, 6.07) is 7.53. The first kappa shape index (κ1) is 19.2. The number of anilines is 1. The zero-order chi connectivity index (χ0) is 19.4. The van der Waals surface area contributed by atoms with Crippen LogP contribution in [-0.2, 0) is 6.54 Å². The van der Waals surface area contributed by atoms with E-state index in [9.17, 15) is 4.79 Å². The zero-order valence-electron chi connectivity index (χ0n) is 16.5. The van der Waals surface area contributed by atoms with E-state index in [2.05, 4.69) is 14.9 Å². The van der Waals surface area contributed by atoms with Gasteiger partial charge < -0.3 is 14.4 Å². The molecule has 1 aliphatic heterocycles. The van der Waals surface area contributed by atoms with Crippen molar-refractivity contribution in [1.29, 1.82) is 0 Å². The van der Waals surface area contributed by atoms with Gasteiger partial charge in [-0.2, -0.15) is 0 Å². The van der Waals surface area contributed by atoms with Gasteiger partial charge in [0.15, 0.2) is 0 Å². The fourth-order valence-electron chi connectivity index (χ4n) is 3.52. The van der Waals surface area contributed by atoms with Gasteiger partial charge in [-0.1, -0.05) is 0 Å². The van der Waals surface area contributed by atoms with Gasteiger partial charge in [-0.3, -0.25) is 14.7 Å². The molecule has 1 saturated heterocycles. The number of ether oxygens (including phenoxy) is 2. The predicted octanol–water partition coefficient (Wildman–Crippen LogP) is 2.23. The smallest absolute Gasteiger partial charge is 0.252 e. The van der Waals surface area contributed by atoms with E-state index in [-0.39, 0.29) is 5.56 Å². The predicted molar refractivity (Wildman–Crippen MR) is 106 cm³/mol. The van der Waals surface area contributed by atoms with Crippen LogP contribution in [0.5, 0.6) is 11.5 Å². The van der Waals surface area contributed by atoms with Crippen molar-refractivity contribution in [3.63, 3.8) is 0 Å². The molecule has 0 amide bonds. The Kier molecular flexibility index (Phi) is 6.01. The molecular formula is C20H28N4O3. The fourth-order valence-corrected chi connectivity index (χ4v) is 3.52. The molecule has 0 atom stereocenters. The molecule has 27 heavy (non-hydrogen) atoms. The molecule has 7 nitrogen and oxygen atoms in total. The third-order valence-corrected chi connectivity index (χ3v) is 5.06. The van der Waals surface area contributed by atoms with Crippen LogP contribution in [0.2, 0.25) is 0 Å². The Morgan fingerprint density at radius 1 is 1.19 bits per heavy atom. The molecular weight excluding hydrogens is 344 g/mol. The molecule has 0 spiro atoms. The Balaban J connectivity index is 1.67. The summed E-state index contributed by atoms with van der Waals surface area (Å²) in [4.78, 5) is 23.6. The first-order valence-electron chi connectivity index (χ1n) is 9.22. The average Bonchev–Trinajstić information content (AvgIpc) is 2.68. The molecule has 1 fully saturated rings. The number of rotatable bonds is 6. The second kappa shape index (κ2) is 8.43. The normalized spacial score (nSPS) is 15.6. The van der Waals surface area contributed by atoms with Crippen LogP contribution >= 0.6 is 0 Å². The highest BCUT2D eigenvalue weighted by atomic mass is 16.5. The fraction of sp³-hybridized carbons (Fsp3) is 0.500. The van der Waals surface area contributed by atoms with Crippen molar-refractivity contribution in [2.24, 2.45) is 0 Å². The van der Waals surface area contributed by atoms with Crippen LogP contribution in [0.15, 0.2) is 29.1 Å². The van der Waals surface area contributed by atoms with Crippen molar-refractivity contribution in [3.05, 3.63) is 45.9 Å². The number of piperidine rings is 1. The quantitative estimate of drug-likeness (QED) is 0.839. The SMILES string of the molecule is COc1ccc(OC)c(CN2CCC(c3cc(=O)[nH]c(N(C)C)n3)CC2)c1. The average molecular weight is 372 g/mol. The van der Waals surface area contributed by atoms with Crippen molar-refractivity contribution >= 4 is 5.95 Å². The lowest BCUT2D eigenvalue weighted by Crippen LogP contribution is -2.33. The molecule has 1 N–H and O–H groups in total. The van der Waals surface area contributed by atoms with Crippen molar-refractivity contribution in [2.75, 3.05) is 46.3 Å². The van der Waals surface area contributed by atoms with Gasteiger partial charge in [-0.25, -0.2) is 4.98 Å². The lowest BCUT2D eigenvalue weighted by Gasteiger charge is -2.32. The second-order valence-electron chi connectivity index (χ2n) is 7.12. The number of aromatic amines is 1. The Labute approximate surface area is 159 Å². The van der Waals surface area contributed by atoms with Gasteiger partial charge in [0.05, 0.1) is 19.9 Å². The molecule has 0 radical (unpaired) electrons. The van der Waals surface area contributed by atoms with Gasteiger partial charge in [0.2, 0.25) is 5.95 Å². The van der Waals surface area contributed by atoms with Crippen molar-refractivity contribution in [2.45, 2.75) is 25.3 Å². The molecule has 2 heterocycles. The van der Waals surface area contributed by atoms with E-state index in [4.69, 9.17) is 9.47 Å². The third kappa shape index (κ3) is 4.60.